The molecule has 172 valence electrons. The average Bonchev–Trinajstić information content (AvgIpc) is 3.13. The van der Waals surface area contributed by atoms with Crippen molar-refractivity contribution < 1.29 is 29.0 Å². The van der Waals surface area contributed by atoms with Gasteiger partial charge in [-0.15, -0.1) is 11.8 Å². The molecule has 0 heterocycles. The van der Waals surface area contributed by atoms with Crippen LogP contribution in [-0.2, 0) is 19.1 Å². The predicted molar refractivity (Wildman–Crippen MR) is 122 cm³/mol. The Morgan fingerprint density at radius 1 is 1.06 bits per heavy atom. The van der Waals surface area contributed by atoms with Crippen LogP contribution in [0.1, 0.15) is 30.4 Å². The third-order valence-corrected chi connectivity index (χ3v) is 5.21. The van der Waals surface area contributed by atoms with Gasteiger partial charge < -0.3 is 25.2 Å². The summed E-state index contributed by atoms with van der Waals surface area (Å²) in [5.74, 6) is 3.45. The van der Waals surface area contributed by atoms with E-state index < -0.39 is 24.0 Å². The van der Waals surface area contributed by atoms with Crippen LogP contribution in [-0.4, -0.2) is 55.5 Å². The summed E-state index contributed by atoms with van der Waals surface area (Å²) in [5, 5.41) is 14.0. The first-order chi connectivity index (χ1) is 16.0. The first-order valence-corrected chi connectivity index (χ1v) is 10.6. The van der Waals surface area contributed by atoms with Crippen LogP contribution in [0.25, 0.3) is 11.1 Å². The van der Waals surface area contributed by atoms with E-state index in [1.807, 2.05) is 36.4 Å². The monoisotopic (exact) mass is 450 g/mol. The number of ether oxygens (including phenoxy) is 2. The Kier molecular flexibility index (Phi) is 8.44. The minimum atomic E-state index is -1.16. The normalized spacial score (nSPS) is 12.5. The van der Waals surface area contributed by atoms with Gasteiger partial charge in [0, 0.05) is 18.9 Å². The van der Waals surface area contributed by atoms with Crippen LogP contribution in [0.2, 0.25) is 0 Å². The van der Waals surface area contributed by atoms with Crippen molar-refractivity contribution in [2.45, 2.75) is 25.3 Å². The van der Waals surface area contributed by atoms with Crippen LogP contribution in [0.3, 0.4) is 0 Å². The molecule has 0 aliphatic heterocycles. The first-order valence-electron chi connectivity index (χ1n) is 10.6. The number of carbonyl (C=O) groups excluding carboxylic acids is 2. The number of amides is 2. The average molecular weight is 450 g/mol. The molecule has 1 aliphatic rings. The molecule has 0 aromatic heterocycles. The highest BCUT2D eigenvalue weighted by Gasteiger charge is 2.28. The molecule has 1 unspecified atom stereocenters. The van der Waals surface area contributed by atoms with E-state index in [0.717, 1.165) is 22.3 Å². The molecule has 0 bridgehead atoms. The van der Waals surface area contributed by atoms with E-state index in [0.29, 0.717) is 0 Å². The van der Waals surface area contributed by atoms with Gasteiger partial charge in [-0.1, -0.05) is 48.5 Å². The summed E-state index contributed by atoms with van der Waals surface area (Å²) in [7, 11) is 0. The molecule has 2 amide bonds. The number of hydrogen-bond donors (Lipinski definition) is 3. The molecule has 2 aromatic rings. The Morgan fingerprint density at radius 3 is 2.30 bits per heavy atom. The lowest BCUT2D eigenvalue weighted by Crippen LogP contribution is -2.42. The molecule has 3 rings (SSSR count). The minimum absolute atomic E-state index is 0.0148. The first kappa shape index (κ1) is 23.8. The van der Waals surface area contributed by atoms with Gasteiger partial charge in [0.15, 0.2) is 0 Å². The maximum Gasteiger partial charge on any atom is 0.407 e. The number of rotatable bonds is 10. The molecule has 1 atom stereocenters. The smallest absolute Gasteiger partial charge is 0.407 e. The van der Waals surface area contributed by atoms with Gasteiger partial charge in [0.05, 0.1) is 6.61 Å². The Hall–Kier alpha value is -3.83. The summed E-state index contributed by atoms with van der Waals surface area (Å²) < 4.78 is 10.6. The third kappa shape index (κ3) is 6.34. The summed E-state index contributed by atoms with van der Waals surface area (Å²) in [6.07, 6.45) is -0.560. The molecule has 2 aromatic carbocycles. The van der Waals surface area contributed by atoms with Crippen LogP contribution in [0.5, 0.6) is 0 Å². The van der Waals surface area contributed by atoms with Crippen molar-refractivity contribution in [3.05, 3.63) is 59.7 Å². The lowest BCUT2D eigenvalue weighted by molar-refractivity contribution is -0.142. The second kappa shape index (κ2) is 11.7. The number of fused-ring (bicyclic) bond motifs is 3. The molecule has 0 saturated carbocycles. The number of alkyl carbamates (subject to hydrolysis) is 1. The van der Waals surface area contributed by atoms with Gasteiger partial charge in [0.1, 0.15) is 19.3 Å². The largest absolute Gasteiger partial charge is 0.480 e. The summed E-state index contributed by atoms with van der Waals surface area (Å²) in [4.78, 5) is 35.0. The van der Waals surface area contributed by atoms with E-state index >= 15 is 0 Å². The molecule has 1 aliphatic carbocycles. The SMILES string of the molecule is CC#CCC(NC(=O)COCCNC(=O)OCC1c2ccccc2-c2ccccc21)C(=O)O. The number of nitrogens with one attached hydrogen (secondary N) is 2. The highest BCUT2D eigenvalue weighted by Crippen LogP contribution is 2.44. The molecule has 0 radical (unpaired) electrons. The highest BCUT2D eigenvalue weighted by molar-refractivity contribution is 5.84. The number of carboxylic acids is 1. The standard InChI is InChI=1S/C25H26N2O6/c1-2-3-12-22(24(29)30)27-23(28)16-32-14-13-26-25(31)33-15-21-19-10-6-4-8-17(19)18-9-5-7-11-20(18)21/h4-11,21-22H,12-16H2,1H3,(H,26,31)(H,27,28)(H,29,30). The van der Waals surface area contributed by atoms with Gasteiger partial charge in [-0.25, -0.2) is 9.59 Å². The molecule has 33 heavy (non-hydrogen) atoms. The molecular weight excluding hydrogens is 424 g/mol. The summed E-state index contributed by atoms with van der Waals surface area (Å²) in [5.41, 5.74) is 4.57. The van der Waals surface area contributed by atoms with Gasteiger partial charge in [-0.05, 0) is 29.2 Å². The maximum absolute atomic E-state index is 12.1. The van der Waals surface area contributed by atoms with Crippen LogP contribution < -0.4 is 10.6 Å². The maximum atomic E-state index is 12.1. The fourth-order valence-corrected chi connectivity index (χ4v) is 3.68. The van der Waals surface area contributed by atoms with E-state index in [1.165, 1.54) is 0 Å². The summed E-state index contributed by atoms with van der Waals surface area (Å²) >= 11 is 0. The second-order valence-corrected chi connectivity index (χ2v) is 7.39. The van der Waals surface area contributed by atoms with E-state index in [-0.39, 0.29) is 38.7 Å². The van der Waals surface area contributed by atoms with Crippen molar-refractivity contribution in [3.8, 4) is 23.0 Å². The third-order valence-electron chi connectivity index (χ3n) is 5.21. The fourth-order valence-electron chi connectivity index (χ4n) is 3.68. The quantitative estimate of drug-likeness (QED) is 0.379. The topological polar surface area (TPSA) is 114 Å². The Morgan fingerprint density at radius 2 is 1.70 bits per heavy atom. The highest BCUT2D eigenvalue weighted by atomic mass is 16.5. The zero-order chi connectivity index (χ0) is 23.6. The van der Waals surface area contributed by atoms with Gasteiger partial charge in [0.2, 0.25) is 5.91 Å². The van der Waals surface area contributed by atoms with Crippen molar-refractivity contribution in [2.24, 2.45) is 0 Å². The van der Waals surface area contributed by atoms with Gasteiger partial charge >= 0.3 is 12.1 Å². The van der Waals surface area contributed by atoms with E-state index in [4.69, 9.17) is 14.6 Å². The van der Waals surface area contributed by atoms with Crippen molar-refractivity contribution >= 4 is 18.0 Å². The summed E-state index contributed by atoms with van der Waals surface area (Å²) in [6, 6.07) is 15.1. The minimum Gasteiger partial charge on any atom is -0.480 e. The zero-order valence-corrected chi connectivity index (χ0v) is 18.3. The Bertz CT molecular complexity index is 1030. The van der Waals surface area contributed by atoms with Gasteiger partial charge in [-0.2, -0.15) is 0 Å². The zero-order valence-electron chi connectivity index (χ0n) is 18.3. The summed E-state index contributed by atoms with van der Waals surface area (Å²) in [6.45, 7) is 1.70. The number of hydrogen-bond acceptors (Lipinski definition) is 5. The van der Waals surface area contributed by atoms with E-state index in [1.54, 1.807) is 6.92 Å². The van der Waals surface area contributed by atoms with Crippen molar-refractivity contribution in [2.75, 3.05) is 26.4 Å². The molecule has 0 saturated heterocycles. The van der Waals surface area contributed by atoms with Crippen LogP contribution in [0.4, 0.5) is 4.79 Å². The fraction of sp³-hybridized carbons (Fsp3) is 0.320. The van der Waals surface area contributed by atoms with E-state index in [2.05, 4.69) is 34.6 Å². The van der Waals surface area contributed by atoms with E-state index in [9.17, 15) is 14.4 Å². The molecule has 0 fully saturated rings. The van der Waals surface area contributed by atoms with Gasteiger partial charge in [-0.3, -0.25) is 4.79 Å². The van der Waals surface area contributed by atoms with Crippen LogP contribution in [0, 0.1) is 11.8 Å². The molecular formula is C25H26N2O6. The van der Waals surface area contributed by atoms with Crippen molar-refractivity contribution in [1.82, 2.24) is 10.6 Å². The van der Waals surface area contributed by atoms with Crippen LogP contribution in [0.15, 0.2) is 48.5 Å². The lowest BCUT2D eigenvalue weighted by atomic mass is 9.98. The Labute approximate surface area is 192 Å². The number of carbonyl (C=O) groups is 3. The molecule has 8 heteroatoms. The molecule has 0 spiro atoms. The second-order valence-electron chi connectivity index (χ2n) is 7.39. The molecule has 3 N–H and O–H groups in total. The number of benzene rings is 2. The Balaban J connectivity index is 1.37. The predicted octanol–water partition coefficient (Wildman–Crippen LogP) is 2.52. The number of aliphatic carboxylic acids is 1. The van der Waals surface area contributed by atoms with Crippen molar-refractivity contribution in [1.29, 1.82) is 0 Å². The van der Waals surface area contributed by atoms with Crippen molar-refractivity contribution in [3.63, 3.8) is 0 Å². The molecule has 8 nitrogen and oxygen atoms in total. The number of carboxylic acid groups (broad SMARTS) is 1. The van der Waals surface area contributed by atoms with Gasteiger partial charge in [0.25, 0.3) is 0 Å². The van der Waals surface area contributed by atoms with Crippen LogP contribution >= 0.6 is 0 Å². The lowest BCUT2D eigenvalue weighted by Gasteiger charge is -2.15.